The van der Waals surface area contributed by atoms with E-state index in [4.69, 9.17) is 10.8 Å². The number of carbonyl (C=O) groups excluding carboxylic acids is 1. The van der Waals surface area contributed by atoms with Gasteiger partial charge in [-0.25, -0.2) is 0 Å². The first-order valence-electron chi connectivity index (χ1n) is 4.88. The summed E-state index contributed by atoms with van der Waals surface area (Å²) in [4.78, 5) is 11.4. The first kappa shape index (κ1) is 14.1. The fourth-order valence-electron chi connectivity index (χ4n) is 1.18. The van der Waals surface area contributed by atoms with E-state index in [1.165, 1.54) is 0 Å². The number of rotatable bonds is 4. The van der Waals surface area contributed by atoms with Crippen LogP contribution in [0.2, 0.25) is 0 Å². The number of ether oxygens (including phenoxy) is 1. The number of amides is 1. The van der Waals surface area contributed by atoms with E-state index in [9.17, 15) is 18.0 Å². The smallest absolute Gasteiger partial charge is 0.404 e. The standard InChI is InChI=1S/C10H11F3N2O3/c11-10(12,13)18-8-2-1-6(5-7(8)14)9(17)15-3-4-16/h1-2,5,16H,3-4,14H2,(H,15,17). The van der Waals surface area contributed by atoms with Gasteiger partial charge in [0, 0.05) is 12.1 Å². The zero-order valence-corrected chi connectivity index (χ0v) is 9.12. The van der Waals surface area contributed by atoms with Crippen LogP contribution in [-0.2, 0) is 0 Å². The number of aliphatic hydroxyl groups is 1. The largest absolute Gasteiger partial charge is 0.573 e. The Labute approximate surface area is 100 Å². The topological polar surface area (TPSA) is 84.6 Å². The number of nitrogens with two attached hydrogens (primary N) is 1. The molecule has 5 nitrogen and oxygen atoms in total. The van der Waals surface area contributed by atoms with E-state index in [0.29, 0.717) is 0 Å². The molecule has 1 aromatic rings. The van der Waals surface area contributed by atoms with E-state index in [1.807, 2.05) is 0 Å². The van der Waals surface area contributed by atoms with Gasteiger partial charge in [0.1, 0.15) is 0 Å². The van der Waals surface area contributed by atoms with E-state index in [2.05, 4.69) is 10.1 Å². The summed E-state index contributed by atoms with van der Waals surface area (Å²) in [6, 6.07) is 3.16. The highest BCUT2D eigenvalue weighted by molar-refractivity contribution is 5.95. The van der Waals surface area contributed by atoms with E-state index in [1.54, 1.807) is 0 Å². The van der Waals surface area contributed by atoms with Crippen molar-refractivity contribution in [3.8, 4) is 5.75 Å². The van der Waals surface area contributed by atoms with Crippen LogP contribution in [0.3, 0.4) is 0 Å². The average Bonchev–Trinajstić information content (AvgIpc) is 2.27. The van der Waals surface area contributed by atoms with Crippen LogP contribution in [0, 0.1) is 0 Å². The van der Waals surface area contributed by atoms with Crippen molar-refractivity contribution < 1.29 is 27.8 Å². The number of alkyl halides is 3. The van der Waals surface area contributed by atoms with Gasteiger partial charge in [-0.3, -0.25) is 4.79 Å². The van der Waals surface area contributed by atoms with Crippen LogP contribution >= 0.6 is 0 Å². The van der Waals surface area contributed by atoms with Crippen molar-refractivity contribution in [2.75, 3.05) is 18.9 Å². The third kappa shape index (κ3) is 4.13. The number of hydrogen-bond donors (Lipinski definition) is 3. The van der Waals surface area contributed by atoms with Crippen molar-refractivity contribution in [2.45, 2.75) is 6.36 Å². The Morgan fingerprint density at radius 3 is 2.61 bits per heavy atom. The zero-order valence-electron chi connectivity index (χ0n) is 9.12. The summed E-state index contributed by atoms with van der Waals surface area (Å²) in [6.07, 6.45) is -4.84. The fraction of sp³-hybridized carbons (Fsp3) is 0.300. The molecule has 0 aliphatic rings. The molecular formula is C10H11F3N2O3. The lowest BCUT2D eigenvalue weighted by molar-refractivity contribution is -0.274. The predicted octanol–water partition coefficient (Wildman–Crippen LogP) is 0.890. The van der Waals surface area contributed by atoms with Crippen molar-refractivity contribution in [2.24, 2.45) is 0 Å². The summed E-state index contributed by atoms with van der Waals surface area (Å²) in [7, 11) is 0. The quantitative estimate of drug-likeness (QED) is 0.705. The number of carbonyl (C=O) groups is 1. The van der Waals surface area contributed by atoms with Crippen LogP contribution in [0.1, 0.15) is 10.4 Å². The van der Waals surface area contributed by atoms with E-state index < -0.39 is 18.0 Å². The Balaban J connectivity index is 2.82. The van der Waals surface area contributed by atoms with E-state index in [0.717, 1.165) is 18.2 Å². The van der Waals surface area contributed by atoms with Crippen LogP contribution in [0.4, 0.5) is 18.9 Å². The molecule has 0 radical (unpaired) electrons. The van der Waals surface area contributed by atoms with Crippen molar-refractivity contribution in [3.63, 3.8) is 0 Å². The van der Waals surface area contributed by atoms with Gasteiger partial charge in [0.05, 0.1) is 12.3 Å². The lowest BCUT2D eigenvalue weighted by Crippen LogP contribution is -2.26. The molecule has 1 rings (SSSR count). The van der Waals surface area contributed by atoms with Gasteiger partial charge < -0.3 is 20.9 Å². The molecule has 0 heterocycles. The van der Waals surface area contributed by atoms with Gasteiger partial charge in [-0.05, 0) is 18.2 Å². The Morgan fingerprint density at radius 1 is 1.44 bits per heavy atom. The summed E-state index contributed by atoms with van der Waals surface area (Å²) in [6.45, 7) is -0.198. The molecule has 4 N–H and O–H groups in total. The summed E-state index contributed by atoms with van der Waals surface area (Å²) < 4.78 is 39.5. The fourth-order valence-corrected chi connectivity index (χ4v) is 1.18. The highest BCUT2D eigenvalue weighted by Crippen LogP contribution is 2.28. The van der Waals surface area contributed by atoms with Gasteiger partial charge in [0.25, 0.3) is 5.91 Å². The third-order valence-corrected chi connectivity index (χ3v) is 1.90. The highest BCUT2D eigenvalue weighted by atomic mass is 19.4. The van der Waals surface area contributed by atoms with E-state index >= 15 is 0 Å². The maximum atomic E-state index is 12.0. The van der Waals surface area contributed by atoms with Gasteiger partial charge >= 0.3 is 6.36 Å². The Morgan fingerprint density at radius 2 is 2.11 bits per heavy atom. The molecule has 0 fully saturated rings. The molecule has 0 bridgehead atoms. The molecule has 0 aliphatic heterocycles. The maximum absolute atomic E-state index is 12.0. The molecule has 0 aliphatic carbocycles. The van der Waals surface area contributed by atoms with Gasteiger partial charge in [0.15, 0.2) is 5.75 Å². The first-order valence-corrected chi connectivity index (χ1v) is 4.88. The second-order valence-corrected chi connectivity index (χ2v) is 3.28. The zero-order chi connectivity index (χ0) is 13.8. The number of halogens is 3. The van der Waals surface area contributed by atoms with Crippen LogP contribution in [-0.4, -0.2) is 30.5 Å². The average molecular weight is 264 g/mol. The third-order valence-electron chi connectivity index (χ3n) is 1.90. The molecule has 8 heteroatoms. The van der Waals surface area contributed by atoms with Crippen LogP contribution in [0.25, 0.3) is 0 Å². The number of aliphatic hydroxyl groups excluding tert-OH is 1. The molecule has 18 heavy (non-hydrogen) atoms. The summed E-state index contributed by atoms with van der Waals surface area (Å²) in [5.74, 6) is -1.12. The predicted molar refractivity (Wildman–Crippen MR) is 57.0 cm³/mol. The van der Waals surface area contributed by atoms with Gasteiger partial charge in [-0.2, -0.15) is 0 Å². The number of benzene rings is 1. The molecule has 1 aromatic carbocycles. The Kier molecular flexibility index (Phi) is 4.38. The Bertz CT molecular complexity index is 435. The Hall–Kier alpha value is -1.96. The lowest BCUT2D eigenvalue weighted by atomic mass is 10.2. The normalized spacial score (nSPS) is 11.1. The molecule has 0 unspecified atom stereocenters. The highest BCUT2D eigenvalue weighted by Gasteiger charge is 2.32. The van der Waals surface area contributed by atoms with Crippen LogP contribution in [0.5, 0.6) is 5.75 Å². The minimum atomic E-state index is -4.84. The summed E-state index contributed by atoms with van der Waals surface area (Å²) >= 11 is 0. The molecule has 0 saturated heterocycles. The molecular weight excluding hydrogens is 253 g/mol. The minimum absolute atomic E-state index is 0.0412. The molecule has 0 saturated carbocycles. The summed E-state index contributed by atoms with van der Waals surface area (Å²) in [5, 5.41) is 10.8. The van der Waals surface area contributed by atoms with Crippen molar-refractivity contribution in [1.82, 2.24) is 5.32 Å². The van der Waals surface area contributed by atoms with Crippen molar-refractivity contribution in [3.05, 3.63) is 23.8 Å². The van der Waals surface area contributed by atoms with Crippen LogP contribution < -0.4 is 15.8 Å². The SMILES string of the molecule is Nc1cc(C(=O)NCCO)ccc1OC(F)(F)F. The molecule has 0 spiro atoms. The second-order valence-electron chi connectivity index (χ2n) is 3.28. The number of anilines is 1. The van der Waals surface area contributed by atoms with Crippen LogP contribution in [0.15, 0.2) is 18.2 Å². The van der Waals surface area contributed by atoms with Crippen molar-refractivity contribution in [1.29, 1.82) is 0 Å². The van der Waals surface area contributed by atoms with Crippen molar-refractivity contribution >= 4 is 11.6 Å². The first-order chi connectivity index (χ1) is 8.33. The van der Waals surface area contributed by atoms with E-state index in [-0.39, 0.29) is 24.4 Å². The van der Waals surface area contributed by atoms with Gasteiger partial charge in [-0.1, -0.05) is 0 Å². The molecule has 100 valence electrons. The van der Waals surface area contributed by atoms with Gasteiger partial charge in [0.2, 0.25) is 0 Å². The lowest BCUT2D eigenvalue weighted by Gasteiger charge is -2.12. The number of nitrogens with one attached hydrogen (secondary N) is 1. The minimum Gasteiger partial charge on any atom is -0.404 e. The number of nitrogen functional groups attached to an aromatic ring is 1. The van der Waals surface area contributed by atoms with Gasteiger partial charge in [-0.15, -0.1) is 13.2 Å². The maximum Gasteiger partial charge on any atom is 0.573 e. The molecule has 0 aromatic heterocycles. The summed E-state index contributed by atoms with van der Waals surface area (Å²) in [5.41, 5.74) is 5.12. The molecule has 1 amide bonds. The monoisotopic (exact) mass is 264 g/mol. The number of hydrogen-bond acceptors (Lipinski definition) is 4. The molecule has 0 atom stereocenters. The second kappa shape index (κ2) is 5.58.